The Labute approximate surface area is 184 Å². The van der Waals surface area contributed by atoms with Crippen molar-refractivity contribution in [2.45, 2.75) is 45.3 Å². The first kappa shape index (κ1) is 22.4. The summed E-state index contributed by atoms with van der Waals surface area (Å²) in [5, 5.41) is 6.65. The molecule has 30 heavy (non-hydrogen) atoms. The number of amides is 2. The lowest BCUT2D eigenvalue weighted by Crippen LogP contribution is -2.49. The van der Waals surface area contributed by atoms with E-state index >= 15 is 0 Å². The Hall–Kier alpha value is -2.33. The number of methoxy groups -OCH3 is 1. The van der Waals surface area contributed by atoms with Crippen molar-refractivity contribution in [3.8, 4) is 0 Å². The van der Waals surface area contributed by atoms with E-state index in [4.69, 9.17) is 9.47 Å². The lowest BCUT2D eigenvalue weighted by molar-refractivity contribution is -0.119. The molecule has 1 atom stereocenters. The predicted octanol–water partition coefficient (Wildman–Crippen LogP) is 3.40. The van der Waals surface area contributed by atoms with Crippen LogP contribution in [-0.2, 0) is 14.3 Å². The number of anilines is 2. The van der Waals surface area contributed by atoms with Gasteiger partial charge in [-0.05, 0) is 49.5 Å². The van der Waals surface area contributed by atoms with Crippen molar-refractivity contribution in [2.75, 3.05) is 37.0 Å². The van der Waals surface area contributed by atoms with Gasteiger partial charge in [0.1, 0.15) is 17.9 Å². The summed E-state index contributed by atoms with van der Waals surface area (Å²) in [6.45, 7) is 6.94. The summed E-state index contributed by atoms with van der Waals surface area (Å²) in [6, 6.07) is -0.0470. The molecule has 1 unspecified atom stereocenters. The molecule has 3 rings (SSSR count). The number of nitrogens with one attached hydrogen (secondary N) is 3. The number of carbonyl (C=O) groups is 2. The highest BCUT2D eigenvalue weighted by Crippen LogP contribution is 2.38. The number of ether oxygens (including phenoxy) is 2. The average molecular weight is 482 g/mol. The molecule has 1 aliphatic rings. The molecule has 0 radical (unpaired) electrons. The quantitative estimate of drug-likeness (QED) is 0.603. The number of fused-ring (bicyclic) bond motifs is 1. The van der Waals surface area contributed by atoms with Crippen LogP contribution in [0.1, 0.15) is 33.6 Å². The Kier molecular flexibility index (Phi) is 6.87. The van der Waals surface area contributed by atoms with Crippen LogP contribution in [0.15, 0.2) is 16.9 Å². The number of hydrogen-bond donors (Lipinski definition) is 3. The third kappa shape index (κ3) is 5.42. The summed E-state index contributed by atoms with van der Waals surface area (Å²) < 4.78 is 11.1. The maximum atomic E-state index is 12.2. The van der Waals surface area contributed by atoms with Gasteiger partial charge in [0.15, 0.2) is 0 Å². The van der Waals surface area contributed by atoms with Gasteiger partial charge in [-0.1, -0.05) is 0 Å². The van der Waals surface area contributed by atoms with Crippen molar-refractivity contribution < 1.29 is 19.1 Å². The molecule has 0 aliphatic carbocycles. The number of nitrogens with zero attached hydrogens (tertiary/aromatic N) is 2. The number of piperidine rings is 1. The minimum absolute atomic E-state index is 0.0327. The maximum Gasteiger partial charge on any atom is 0.407 e. The second-order valence-corrected chi connectivity index (χ2v) is 9.15. The Morgan fingerprint density at radius 2 is 2.17 bits per heavy atom. The van der Waals surface area contributed by atoms with Crippen molar-refractivity contribution in [1.29, 1.82) is 0 Å². The highest BCUT2D eigenvalue weighted by Gasteiger charge is 2.27. The van der Waals surface area contributed by atoms with E-state index in [0.717, 1.165) is 34.9 Å². The van der Waals surface area contributed by atoms with Crippen molar-refractivity contribution in [1.82, 2.24) is 15.3 Å². The van der Waals surface area contributed by atoms with Crippen LogP contribution in [0, 0.1) is 0 Å². The maximum absolute atomic E-state index is 12.2. The molecule has 3 N–H and O–H groups in total. The molecule has 1 aliphatic heterocycles. The molecular formula is C20H28BrN5O4. The minimum atomic E-state index is -0.542. The van der Waals surface area contributed by atoms with Gasteiger partial charge >= 0.3 is 6.09 Å². The molecule has 2 aromatic rings. The van der Waals surface area contributed by atoms with Crippen molar-refractivity contribution in [3.63, 3.8) is 0 Å². The average Bonchev–Trinajstić information content (AvgIpc) is 3.03. The number of H-pyrrole nitrogens is 1. The number of alkyl carbamates (subject to hydrolysis) is 1. The van der Waals surface area contributed by atoms with E-state index in [0.29, 0.717) is 17.9 Å². The molecule has 9 nitrogen and oxygen atoms in total. The smallest absolute Gasteiger partial charge is 0.407 e. The number of hydrogen-bond acceptors (Lipinski definition) is 6. The van der Waals surface area contributed by atoms with Crippen LogP contribution in [0.3, 0.4) is 0 Å². The molecule has 0 bridgehead atoms. The van der Waals surface area contributed by atoms with Gasteiger partial charge in [0.2, 0.25) is 5.91 Å². The molecule has 2 amide bonds. The fraction of sp³-hybridized carbons (Fsp3) is 0.550. The van der Waals surface area contributed by atoms with E-state index in [-0.39, 0.29) is 18.6 Å². The summed E-state index contributed by atoms with van der Waals surface area (Å²) in [6.07, 6.45) is 4.82. The summed E-state index contributed by atoms with van der Waals surface area (Å²) in [7, 11) is 1.48. The molecule has 3 heterocycles. The second kappa shape index (κ2) is 9.22. The SMILES string of the molecule is COCC(=O)Nc1c[nH]c2ncc(Br)c(N3CCCC(NC(=O)OC(C)(C)C)C3)c12. The van der Waals surface area contributed by atoms with Crippen LogP contribution in [0.2, 0.25) is 0 Å². The summed E-state index contributed by atoms with van der Waals surface area (Å²) in [5.41, 5.74) is 1.69. The lowest BCUT2D eigenvalue weighted by atomic mass is 10.0. The van der Waals surface area contributed by atoms with E-state index in [1.807, 2.05) is 20.8 Å². The van der Waals surface area contributed by atoms with E-state index in [1.54, 1.807) is 12.4 Å². The van der Waals surface area contributed by atoms with Gasteiger partial charge in [0, 0.05) is 38.6 Å². The van der Waals surface area contributed by atoms with Gasteiger partial charge in [-0.2, -0.15) is 0 Å². The van der Waals surface area contributed by atoms with Gasteiger partial charge in [-0.15, -0.1) is 0 Å². The van der Waals surface area contributed by atoms with Crippen molar-refractivity contribution in [3.05, 3.63) is 16.9 Å². The molecule has 0 spiro atoms. The Morgan fingerprint density at radius 3 is 2.87 bits per heavy atom. The highest BCUT2D eigenvalue weighted by molar-refractivity contribution is 9.10. The van der Waals surface area contributed by atoms with Crippen LogP contribution in [0.25, 0.3) is 11.0 Å². The molecule has 164 valence electrons. The largest absolute Gasteiger partial charge is 0.444 e. The van der Waals surface area contributed by atoms with E-state index < -0.39 is 11.7 Å². The second-order valence-electron chi connectivity index (χ2n) is 8.29. The fourth-order valence-electron chi connectivity index (χ4n) is 3.55. The number of aromatic nitrogens is 2. The number of pyridine rings is 1. The number of rotatable bonds is 5. The first-order chi connectivity index (χ1) is 14.2. The topological polar surface area (TPSA) is 109 Å². The van der Waals surface area contributed by atoms with Gasteiger partial charge in [0.05, 0.1) is 21.2 Å². The predicted molar refractivity (Wildman–Crippen MR) is 119 cm³/mol. The van der Waals surface area contributed by atoms with Crippen LogP contribution in [-0.4, -0.2) is 60.4 Å². The zero-order valence-corrected chi connectivity index (χ0v) is 19.3. The zero-order valence-electron chi connectivity index (χ0n) is 17.7. The molecule has 2 aromatic heterocycles. The van der Waals surface area contributed by atoms with Gasteiger partial charge < -0.3 is 30.0 Å². The number of halogens is 1. The van der Waals surface area contributed by atoms with Crippen molar-refractivity contribution in [2.24, 2.45) is 0 Å². The molecule has 1 saturated heterocycles. The Morgan fingerprint density at radius 1 is 1.40 bits per heavy atom. The molecule has 0 aromatic carbocycles. The van der Waals surface area contributed by atoms with Gasteiger partial charge in [-0.3, -0.25) is 4.79 Å². The summed E-state index contributed by atoms with van der Waals surface area (Å²) >= 11 is 3.61. The standard InChI is InChI=1S/C20H28BrN5O4/c1-20(2,3)30-19(28)24-12-6-5-7-26(10-12)17-13(21)8-22-18-16(17)14(9-23-18)25-15(27)11-29-4/h8-9,12H,5-7,10-11H2,1-4H3,(H,22,23)(H,24,28)(H,25,27). The molecule has 1 fully saturated rings. The molecular weight excluding hydrogens is 454 g/mol. The molecule has 0 saturated carbocycles. The van der Waals surface area contributed by atoms with E-state index in [1.165, 1.54) is 7.11 Å². The first-order valence-corrected chi connectivity index (χ1v) is 10.7. The number of aromatic amines is 1. The third-order valence-electron chi connectivity index (χ3n) is 4.64. The fourth-order valence-corrected chi connectivity index (χ4v) is 4.10. The first-order valence-electron chi connectivity index (χ1n) is 9.87. The van der Waals surface area contributed by atoms with E-state index in [9.17, 15) is 9.59 Å². The lowest BCUT2D eigenvalue weighted by Gasteiger charge is -2.36. The minimum Gasteiger partial charge on any atom is -0.444 e. The van der Waals surface area contributed by atoms with Crippen LogP contribution >= 0.6 is 15.9 Å². The highest BCUT2D eigenvalue weighted by atomic mass is 79.9. The van der Waals surface area contributed by atoms with Gasteiger partial charge in [0.25, 0.3) is 0 Å². The summed E-state index contributed by atoms with van der Waals surface area (Å²) in [4.78, 5) is 34.0. The third-order valence-corrected chi connectivity index (χ3v) is 5.22. The van der Waals surface area contributed by atoms with Crippen LogP contribution in [0.4, 0.5) is 16.2 Å². The van der Waals surface area contributed by atoms with Crippen molar-refractivity contribution >= 4 is 50.3 Å². The number of carbonyl (C=O) groups excluding carboxylic acids is 2. The van der Waals surface area contributed by atoms with Gasteiger partial charge in [-0.25, -0.2) is 9.78 Å². The van der Waals surface area contributed by atoms with Crippen LogP contribution < -0.4 is 15.5 Å². The van der Waals surface area contributed by atoms with E-state index in [2.05, 4.69) is 41.4 Å². The summed E-state index contributed by atoms with van der Waals surface area (Å²) in [5.74, 6) is -0.243. The Balaban J connectivity index is 1.84. The zero-order chi connectivity index (χ0) is 21.9. The normalized spacial score (nSPS) is 17.1. The Bertz CT molecular complexity index is 924. The van der Waals surface area contributed by atoms with Crippen LogP contribution in [0.5, 0.6) is 0 Å². The molecule has 10 heteroatoms. The monoisotopic (exact) mass is 481 g/mol.